The van der Waals surface area contributed by atoms with Gasteiger partial charge in [0.1, 0.15) is 23.4 Å². The third-order valence-electron chi connectivity index (χ3n) is 5.52. The van der Waals surface area contributed by atoms with Crippen LogP contribution in [0, 0.1) is 21.4 Å². The summed E-state index contributed by atoms with van der Waals surface area (Å²) in [6, 6.07) is 6.84. The van der Waals surface area contributed by atoms with E-state index in [0.29, 0.717) is 11.3 Å². The number of halogens is 1. The summed E-state index contributed by atoms with van der Waals surface area (Å²) >= 11 is 0. The van der Waals surface area contributed by atoms with E-state index in [9.17, 15) is 19.7 Å². The molecule has 36 heavy (non-hydrogen) atoms. The van der Waals surface area contributed by atoms with Gasteiger partial charge in [-0.2, -0.15) is 5.26 Å². The van der Waals surface area contributed by atoms with E-state index in [0.717, 1.165) is 0 Å². The molecule has 1 aromatic carbocycles. The lowest BCUT2D eigenvalue weighted by Crippen LogP contribution is -2.51. The van der Waals surface area contributed by atoms with Crippen LogP contribution in [0.2, 0.25) is 0 Å². The molecule has 3 rings (SSSR count). The first-order valence-corrected chi connectivity index (χ1v) is 11.2. The van der Waals surface area contributed by atoms with Gasteiger partial charge in [0.15, 0.2) is 0 Å². The fourth-order valence-corrected chi connectivity index (χ4v) is 3.81. The molecule has 0 spiro atoms. The highest BCUT2D eigenvalue weighted by Crippen LogP contribution is 2.26. The molecule has 0 saturated carbocycles. The van der Waals surface area contributed by atoms with Crippen molar-refractivity contribution in [1.82, 2.24) is 9.88 Å². The zero-order valence-corrected chi connectivity index (χ0v) is 20.2. The molecular weight excluding hydrogens is 471 g/mol. The van der Waals surface area contributed by atoms with Crippen molar-refractivity contribution in [2.45, 2.75) is 51.4 Å². The van der Waals surface area contributed by atoms with Crippen molar-refractivity contribution >= 4 is 23.4 Å². The largest absolute Gasteiger partial charge is 0.444 e. The monoisotopic (exact) mass is 498 g/mol. The van der Waals surface area contributed by atoms with E-state index in [1.54, 1.807) is 32.9 Å². The maximum absolute atomic E-state index is 15.0. The first kappa shape index (κ1) is 26.3. The van der Waals surface area contributed by atoms with E-state index in [-0.39, 0.29) is 48.4 Å². The third-order valence-corrected chi connectivity index (χ3v) is 5.52. The standard InChI is InChI=1S/C24H27FN6O5/c1-24(2,3)36-23(33)30-7-6-19(18(25)13-30)29-20-10-16(28-12-17(20)22(27)32)8-14-4-5-15(11-26)21(9-14)31(34)35/h4-5,9-10,12,18-19H,6-8,13H2,1-3H3,(H2,27,32)(H,28,29)/t18-,19+/m0/s1. The van der Waals surface area contributed by atoms with Crippen molar-refractivity contribution in [1.29, 1.82) is 5.26 Å². The van der Waals surface area contributed by atoms with Crippen LogP contribution in [0.3, 0.4) is 0 Å². The predicted octanol–water partition coefficient (Wildman–Crippen LogP) is 3.31. The summed E-state index contributed by atoms with van der Waals surface area (Å²) in [5.41, 5.74) is 5.71. The lowest BCUT2D eigenvalue weighted by molar-refractivity contribution is -0.385. The number of nitriles is 1. The molecule has 1 fully saturated rings. The Morgan fingerprint density at radius 1 is 1.39 bits per heavy atom. The summed E-state index contributed by atoms with van der Waals surface area (Å²) in [4.78, 5) is 40.4. The van der Waals surface area contributed by atoms with Crippen LogP contribution in [0.15, 0.2) is 30.5 Å². The van der Waals surface area contributed by atoms with E-state index in [1.807, 2.05) is 0 Å². The maximum Gasteiger partial charge on any atom is 0.410 e. The van der Waals surface area contributed by atoms with Crippen molar-refractivity contribution in [2.75, 3.05) is 18.4 Å². The van der Waals surface area contributed by atoms with Gasteiger partial charge < -0.3 is 20.7 Å². The van der Waals surface area contributed by atoms with Crippen LogP contribution in [0.5, 0.6) is 0 Å². The second-order valence-electron chi connectivity index (χ2n) is 9.46. The first-order chi connectivity index (χ1) is 16.9. The van der Waals surface area contributed by atoms with Crippen LogP contribution in [0.4, 0.5) is 20.6 Å². The molecular formula is C24H27FN6O5. The van der Waals surface area contributed by atoms with Crippen LogP contribution < -0.4 is 11.1 Å². The molecule has 1 aromatic heterocycles. The number of hydrogen-bond acceptors (Lipinski definition) is 8. The van der Waals surface area contributed by atoms with Crippen LogP contribution in [0.1, 0.15) is 54.4 Å². The number of aromatic nitrogens is 1. The Bertz CT molecular complexity index is 1220. The number of likely N-dealkylation sites (tertiary alicyclic amines) is 1. The summed E-state index contributed by atoms with van der Waals surface area (Å²) in [6.07, 6.45) is -0.343. The molecule has 1 aliphatic rings. The number of anilines is 1. The highest BCUT2D eigenvalue weighted by atomic mass is 19.1. The Morgan fingerprint density at radius 2 is 2.11 bits per heavy atom. The molecule has 2 aromatic rings. The number of nitro groups is 1. The molecule has 0 unspecified atom stereocenters. The minimum Gasteiger partial charge on any atom is -0.444 e. The number of nitrogens with zero attached hydrogens (tertiary/aromatic N) is 4. The molecule has 1 saturated heterocycles. The summed E-state index contributed by atoms with van der Waals surface area (Å²) in [5, 5.41) is 23.3. The third kappa shape index (κ3) is 6.44. The number of alkyl halides is 1. The van der Waals surface area contributed by atoms with Crippen LogP contribution in [0.25, 0.3) is 0 Å². The van der Waals surface area contributed by atoms with Gasteiger partial charge in [0.25, 0.3) is 11.6 Å². The quantitative estimate of drug-likeness (QED) is 0.452. The van der Waals surface area contributed by atoms with Crippen molar-refractivity contribution in [3.8, 4) is 6.07 Å². The minimum absolute atomic E-state index is 0.0603. The topological polar surface area (TPSA) is 164 Å². The molecule has 190 valence electrons. The Balaban J connectivity index is 1.78. The zero-order chi connectivity index (χ0) is 26.6. The second-order valence-corrected chi connectivity index (χ2v) is 9.46. The van der Waals surface area contributed by atoms with Gasteiger partial charge in [-0.1, -0.05) is 6.07 Å². The number of nitrogens with two attached hydrogens (primary N) is 1. The van der Waals surface area contributed by atoms with E-state index in [4.69, 9.17) is 15.7 Å². The highest BCUT2D eigenvalue weighted by Gasteiger charge is 2.34. The number of pyridine rings is 1. The SMILES string of the molecule is CC(C)(C)OC(=O)N1CC[C@@H](Nc2cc(Cc3ccc(C#N)c([N+](=O)[O-])c3)ncc2C(N)=O)[C@@H](F)C1. The molecule has 12 heteroatoms. The minimum atomic E-state index is -1.44. The van der Waals surface area contributed by atoms with Gasteiger partial charge in [-0.15, -0.1) is 0 Å². The zero-order valence-electron chi connectivity index (χ0n) is 20.2. The summed E-state index contributed by atoms with van der Waals surface area (Å²) in [6.45, 7) is 5.27. The summed E-state index contributed by atoms with van der Waals surface area (Å²) in [5.74, 6) is -0.757. The molecule has 2 atom stereocenters. The first-order valence-electron chi connectivity index (χ1n) is 11.2. The van der Waals surface area contributed by atoms with Gasteiger partial charge in [-0.25, -0.2) is 9.18 Å². The number of ether oxygens (including phenoxy) is 1. The number of carbonyl (C=O) groups is 2. The van der Waals surface area contributed by atoms with Crippen molar-refractivity contribution < 1.29 is 23.6 Å². The summed E-state index contributed by atoms with van der Waals surface area (Å²) in [7, 11) is 0. The van der Waals surface area contributed by atoms with E-state index in [1.165, 1.54) is 29.3 Å². The van der Waals surface area contributed by atoms with Crippen LogP contribution >= 0.6 is 0 Å². The number of hydrogen-bond donors (Lipinski definition) is 2. The van der Waals surface area contributed by atoms with E-state index >= 15 is 4.39 Å². The Hall–Kier alpha value is -4.27. The number of nitro benzene ring substituents is 1. The van der Waals surface area contributed by atoms with Crippen LogP contribution in [-0.4, -0.2) is 57.7 Å². The van der Waals surface area contributed by atoms with Crippen molar-refractivity contribution in [3.63, 3.8) is 0 Å². The molecule has 11 nitrogen and oxygen atoms in total. The Labute approximate surface area is 207 Å². The molecule has 3 N–H and O–H groups in total. The number of rotatable bonds is 6. The van der Waals surface area contributed by atoms with Gasteiger partial charge in [0, 0.05) is 30.9 Å². The molecule has 2 heterocycles. The summed E-state index contributed by atoms with van der Waals surface area (Å²) < 4.78 is 20.3. The number of primary amides is 1. The molecule has 1 aliphatic heterocycles. The molecule has 2 amide bonds. The van der Waals surface area contributed by atoms with E-state index < -0.39 is 34.7 Å². The van der Waals surface area contributed by atoms with Gasteiger partial charge in [0.2, 0.25) is 0 Å². The average Bonchev–Trinajstić information content (AvgIpc) is 2.79. The van der Waals surface area contributed by atoms with Gasteiger partial charge in [-0.05, 0) is 44.9 Å². The maximum atomic E-state index is 15.0. The number of amides is 2. The number of carbonyl (C=O) groups excluding carboxylic acids is 2. The number of benzene rings is 1. The van der Waals surface area contributed by atoms with Crippen LogP contribution in [-0.2, 0) is 11.2 Å². The smallest absolute Gasteiger partial charge is 0.410 e. The van der Waals surface area contributed by atoms with Crippen molar-refractivity contribution in [3.05, 3.63) is 63.0 Å². The Morgan fingerprint density at radius 3 is 2.69 bits per heavy atom. The lowest BCUT2D eigenvalue weighted by Gasteiger charge is -2.36. The predicted molar refractivity (Wildman–Crippen MR) is 128 cm³/mol. The fourth-order valence-electron chi connectivity index (χ4n) is 3.81. The van der Waals surface area contributed by atoms with Gasteiger partial charge >= 0.3 is 6.09 Å². The molecule has 0 aliphatic carbocycles. The average molecular weight is 499 g/mol. The second kappa shape index (κ2) is 10.6. The lowest BCUT2D eigenvalue weighted by atomic mass is 10.0. The molecule has 0 bridgehead atoms. The van der Waals surface area contributed by atoms with Gasteiger partial charge in [-0.3, -0.25) is 19.9 Å². The van der Waals surface area contributed by atoms with Crippen molar-refractivity contribution in [2.24, 2.45) is 5.73 Å². The highest BCUT2D eigenvalue weighted by molar-refractivity contribution is 5.98. The van der Waals surface area contributed by atoms with Gasteiger partial charge in [0.05, 0.1) is 28.8 Å². The number of nitrogens with one attached hydrogen (secondary N) is 1. The molecule has 0 radical (unpaired) electrons. The number of piperidine rings is 1. The normalized spacial score (nSPS) is 17.7. The Kier molecular flexibility index (Phi) is 7.72. The fraction of sp³-hybridized carbons (Fsp3) is 0.417. The van der Waals surface area contributed by atoms with E-state index in [2.05, 4.69) is 10.3 Å².